The van der Waals surface area contributed by atoms with Gasteiger partial charge in [-0.15, -0.1) is 0 Å². The van der Waals surface area contributed by atoms with E-state index in [1.54, 1.807) is 53.6 Å². The largest absolute Gasteiger partial charge is 0.325 e. The van der Waals surface area contributed by atoms with Crippen molar-refractivity contribution in [3.8, 4) is 5.69 Å². The Morgan fingerprint density at radius 1 is 1.18 bits per heavy atom. The van der Waals surface area contributed by atoms with E-state index < -0.39 is 20.5 Å². The molecule has 1 heterocycles. The van der Waals surface area contributed by atoms with E-state index >= 15 is 0 Å². The van der Waals surface area contributed by atoms with Crippen molar-refractivity contribution < 1.29 is 13.2 Å². The van der Waals surface area contributed by atoms with Gasteiger partial charge in [0.15, 0.2) is 9.84 Å². The first kappa shape index (κ1) is 20.6. The van der Waals surface area contributed by atoms with Gasteiger partial charge in [-0.2, -0.15) is 0 Å². The Bertz CT molecular complexity index is 1110. The van der Waals surface area contributed by atoms with E-state index in [2.05, 4.69) is 26.2 Å². The van der Waals surface area contributed by atoms with E-state index in [0.717, 1.165) is 4.47 Å². The van der Waals surface area contributed by atoms with E-state index in [-0.39, 0.29) is 4.90 Å². The van der Waals surface area contributed by atoms with Crippen molar-refractivity contribution >= 4 is 49.0 Å². The third-order valence-electron chi connectivity index (χ3n) is 4.33. The number of hydrogen-bond acceptors (Lipinski definition) is 4. The smallest absolute Gasteiger partial charge is 0.245 e. The molecule has 0 unspecified atom stereocenters. The number of aromatic nitrogens is 2. The van der Waals surface area contributed by atoms with Gasteiger partial charge in [0.05, 0.1) is 21.9 Å². The minimum atomic E-state index is -3.91. The van der Waals surface area contributed by atoms with Crippen molar-refractivity contribution in [2.75, 3.05) is 5.32 Å². The van der Waals surface area contributed by atoms with Gasteiger partial charge in [-0.3, -0.25) is 4.79 Å². The molecule has 0 bridgehead atoms. The molecule has 1 amide bonds. The van der Waals surface area contributed by atoms with Crippen molar-refractivity contribution in [3.63, 3.8) is 0 Å². The average Bonchev–Trinajstić information content (AvgIpc) is 3.16. The van der Waals surface area contributed by atoms with Crippen molar-refractivity contribution in [1.29, 1.82) is 0 Å². The van der Waals surface area contributed by atoms with Gasteiger partial charge in [-0.25, -0.2) is 13.4 Å². The molecule has 28 heavy (non-hydrogen) atoms. The summed E-state index contributed by atoms with van der Waals surface area (Å²) in [7, 11) is -3.91. The van der Waals surface area contributed by atoms with Gasteiger partial charge in [0.25, 0.3) is 0 Å². The normalized spacial score (nSPS) is 12.0. The van der Waals surface area contributed by atoms with Crippen LogP contribution in [-0.4, -0.2) is 28.6 Å². The predicted octanol–water partition coefficient (Wildman–Crippen LogP) is 4.48. The number of amides is 1. The second-order valence-corrected chi connectivity index (χ2v) is 10.4. The molecule has 0 atom stereocenters. The first-order valence-corrected chi connectivity index (χ1v) is 10.9. The van der Waals surface area contributed by atoms with E-state index in [4.69, 9.17) is 11.6 Å². The highest BCUT2D eigenvalue weighted by Crippen LogP contribution is 2.29. The van der Waals surface area contributed by atoms with E-state index in [0.29, 0.717) is 16.4 Å². The Morgan fingerprint density at radius 2 is 1.86 bits per heavy atom. The maximum atomic E-state index is 13.0. The Hall–Kier alpha value is -2.16. The zero-order valence-corrected chi connectivity index (χ0v) is 18.2. The quantitative estimate of drug-likeness (QED) is 0.581. The van der Waals surface area contributed by atoms with E-state index in [1.807, 2.05) is 0 Å². The number of nitrogens with zero attached hydrogens (tertiary/aromatic N) is 2. The molecule has 1 N–H and O–H groups in total. The fourth-order valence-electron chi connectivity index (χ4n) is 2.51. The van der Waals surface area contributed by atoms with Crippen LogP contribution in [0.2, 0.25) is 5.02 Å². The Morgan fingerprint density at radius 3 is 2.43 bits per heavy atom. The highest BCUT2D eigenvalue weighted by molar-refractivity contribution is 9.10. The number of carbonyl (C=O) groups is 1. The molecule has 1 aromatic heterocycles. The van der Waals surface area contributed by atoms with Crippen molar-refractivity contribution in [2.24, 2.45) is 0 Å². The van der Waals surface area contributed by atoms with Crippen molar-refractivity contribution in [2.45, 2.75) is 23.5 Å². The van der Waals surface area contributed by atoms with Gasteiger partial charge in [0.1, 0.15) is 4.75 Å². The highest BCUT2D eigenvalue weighted by Gasteiger charge is 2.42. The maximum Gasteiger partial charge on any atom is 0.245 e. The SMILES string of the molecule is CC(C)(C(=O)Nc1ccc(-n2ccnc2)c(Cl)c1)S(=O)(=O)c1ccc(Br)cc1. The number of anilines is 1. The molecule has 9 heteroatoms. The lowest BCUT2D eigenvalue weighted by atomic mass is 10.2. The average molecular weight is 483 g/mol. The lowest BCUT2D eigenvalue weighted by Crippen LogP contribution is -2.44. The molecule has 0 spiro atoms. The van der Waals surface area contributed by atoms with Crippen LogP contribution in [0.5, 0.6) is 0 Å². The summed E-state index contributed by atoms with van der Waals surface area (Å²) >= 11 is 9.57. The number of carbonyl (C=O) groups excluding carboxylic acids is 1. The topological polar surface area (TPSA) is 81.1 Å². The first-order valence-electron chi connectivity index (χ1n) is 8.22. The number of benzene rings is 2. The summed E-state index contributed by atoms with van der Waals surface area (Å²) in [4.78, 5) is 16.8. The molecule has 0 fully saturated rings. The zero-order chi connectivity index (χ0) is 20.5. The van der Waals surface area contributed by atoms with Crippen LogP contribution in [0.1, 0.15) is 13.8 Å². The molecule has 0 radical (unpaired) electrons. The molecule has 2 aromatic carbocycles. The molecular weight excluding hydrogens is 466 g/mol. The summed E-state index contributed by atoms with van der Waals surface area (Å²) in [6, 6.07) is 11.1. The fraction of sp³-hybridized carbons (Fsp3) is 0.158. The number of halogens is 2. The molecule has 0 saturated carbocycles. The predicted molar refractivity (Wildman–Crippen MR) is 113 cm³/mol. The van der Waals surface area contributed by atoms with E-state index in [1.165, 1.54) is 26.0 Å². The third-order valence-corrected chi connectivity index (χ3v) is 7.58. The number of hydrogen-bond donors (Lipinski definition) is 1. The molecule has 146 valence electrons. The minimum absolute atomic E-state index is 0.0735. The van der Waals surface area contributed by atoms with Crippen LogP contribution in [0.4, 0.5) is 5.69 Å². The molecule has 0 aliphatic carbocycles. The van der Waals surface area contributed by atoms with Gasteiger partial charge < -0.3 is 9.88 Å². The van der Waals surface area contributed by atoms with Gasteiger partial charge in [0, 0.05) is 22.6 Å². The van der Waals surface area contributed by atoms with E-state index in [9.17, 15) is 13.2 Å². The summed E-state index contributed by atoms with van der Waals surface area (Å²) in [6.07, 6.45) is 4.97. The third kappa shape index (κ3) is 3.85. The summed E-state index contributed by atoms with van der Waals surface area (Å²) in [6.45, 7) is 2.75. The number of sulfone groups is 1. The molecule has 3 rings (SSSR count). The van der Waals surface area contributed by atoms with Gasteiger partial charge >= 0.3 is 0 Å². The zero-order valence-electron chi connectivity index (χ0n) is 15.1. The second-order valence-electron chi connectivity index (χ2n) is 6.56. The Kier molecular flexibility index (Phi) is 5.65. The summed E-state index contributed by atoms with van der Waals surface area (Å²) in [5, 5.41) is 3.04. The highest BCUT2D eigenvalue weighted by atomic mass is 79.9. The van der Waals surface area contributed by atoms with Crippen molar-refractivity contribution in [1.82, 2.24) is 9.55 Å². The molecule has 0 aliphatic rings. The summed E-state index contributed by atoms with van der Waals surface area (Å²) in [5.74, 6) is -0.651. The first-order chi connectivity index (χ1) is 13.1. The number of imidazole rings is 1. The van der Waals surface area contributed by atoms with Crippen molar-refractivity contribution in [3.05, 3.63) is 70.7 Å². The van der Waals surface area contributed by atoms with Crippen LogP contribution >= 0.6 is 27.5 Å². The summed E-state index contributed by atoms with van der Waals surface area (Å²) in [5.41, 5.74) is 1.09. The number of nitrogens with one attached hydrogen (secondary N) is 1. The molecule has 0 aliphatic heterocycles. The molecule has 6 nitrogen and oxygen atoms in total. The molecular formula is C19H17BrClN3O3S. The summed E-state index contributed by atoms with van der Waals surface area (Å²) < 4.78 is 26.7. The van der Waals surface area contributed by atoms with Crippen LogP contribution < -0.4 is 5.32 Å². The van der Waals surface area contributed by atoms with Crippen LogP contribution in [0.15, 0.2) is 70.6 Å². The van der Waals surface area contributed by atoms with Gasteiger partial charge in [0.2, 0.25) is 5.91 Å². The standard InChI is InChI=1S/C19H17BrClN3O3S/c1-19(2,28(26,27)15-6-3-13(20)4-7-15)18(25)23-14-5-8-17(16(21)11-14)24-10-9-22-12-24/h3-12H,1-2H3,(H,23,25). The van der Waals surface area contributed by atoms with Crippen LogP contribution in [0.3, 0.4) is 0 Å². The molecule has 0 saturated heterocycles. The van der Waals surface area contributed by atoms with Crippen LogP contribution in [0.25, 0.3) is 5.69 Å². The van der Waals surface area contributed by atoms with Gasteiger partial charge in [-0.1, -0.05) is 27.5 Å². The lowest BCUT2D eigenvalue weighted by Gasteiger charge is -2.24. The Labute approximate surface area is 176 Å². The monoisotopic (exact) mass is 481 g/mol. The fourth-order valence-corrected chi connectivity index (χ4v) is 4.43. The maximum absolute atomic E-state index is 13.0. The van der Waals surface area contributed by atoms with Gasteiger partial charge in [-0.05, 0) is 56.3 Å². The Balaban J connectivity index is 1.85. The van der Waals surface area contributed by atoms with Crippen LogP contribution in [-0.2, 0) is 14.6 Å². The second kappa shape index (κ2) is 7.69. The minimum Gasteiger partial charge on any atom is -0.325 e. The molecule has 3 aromatic rings. The van der Waals surface area contributed by atoms with Crippen LogP contribution in [0, 0.1) is 0 Å². The lowest BCUT2D eigenvalue weighted by molar-refractivity contribution is -0.117. The number of rotatable bonds is 5.